The van der Waals surface area contributed by atoms with E-state index >= 15 is 0 Å². The van der Waals surface area contributed by atoms with E-state index in [9.17, 15) is 13.2 Å². The number of halogens is 3. The average molecular weight is 296 g/mol. The molecule has 0 saturated carbocycles. The molecule has 2 rings (SSSR count). The summed E-state index contributed by atoms with van der Waals surface area (Å²) in [5.74, 6) is -0.177. The molecule has 0 bridgehead atoms. The molecule has 2 aromatic rings. The van der Waals surface area contributed by atoms with Crippen molar-refractivity contribution >= 4 is 0 Å². The summed E-state index contributed by atoms with van der Waals surface area (Å²) < 4.78 is 40.9. The Bertz CT molecular complexity index is 599. The van der Waals surface area contributed by atoms with Crippen molar-refractivity contribution in [2.24, 2.45) is 0 Å². The lowest BCUT2D eigenvalue weighted by Gasteiger charge is -2.14. The third-order valence-electron chi connectivity index (χ3n) is 2.97. The zero-order chi connectivity index (χ0) is 15.3. The van der Waals surface area contributed by atoms with Crippen LogP contribution in [0.3, 0.4) is 0 Å². The number of hydrogen-bond acceptors (Lipinski definition) is 3. The molecule has 0 radical (unpaired) electrons. The van der Waals surface area contributed by atoms with Crippen molar-refractivity contribution in [1.82, 2.24) is 10.3 Å². The maximum absolute atomic E-state index is 12.3. The van der Waals surface area contributed by atoms with E-state index in [1.54, 1.807) is 24.5 Å². The molecule has 1 aromatic carbocycles. The number of aromatic nitrogens is 1. The molecule has 1 N–H and O–H groups in total. The summed E-state index contributed by atoms with van der Waals surface area (Å²) in [6.07, 6.45) is -1.25. The standard InChI is InChI=1S/C15H15F3N2O/c1-11-8-19-7-6-12(11)9-20-10-13-4-2-3-5-14(13)21-15(16,17)18/h2-8,20H,9-10H2,1H3. The van der Waals surface area contributed by atoms with Gasteiger partial charge in [0, 0.05) is 31.0 Å². The summed E-state index contributed by atoms with van der Waals surface area (Å²) in [7, 11) is 0. The molecule has 1 heterocycles. The molecule has 0 saturated heterocycles. The molecule has 1 aromatic heterocycles. The first-order valence-corrected chi connectivity index (χ1v) is 6.39. The van der Waals surface area contributed by atoms with Crippen LogP contribution in [0.2, 0.25) is 0 Å². The lowest BCUT2D eigenvalue weighted by Crippen LogP contribution is -2.20. The Labute approximate surface area is 120 Å². The van der Waals surface area contributed by atoms with Crippen molar-refractivity contribution in [1.29, 1.82) is 0 Å². The van der Waals surface area contributed by atoms with Crippen molar-refractivity contribution in [3.63, 3.8) is 0 Å². The van der Waals surface area contributed by atoms with Crippen LogP contribution in [0, 0.1) is 6.92 Å². The van der Waals surface area contributed by atoms with Gasteiger partial charge in [-0.05, 0) is 30.2 Å². The molecule has 112 valence electrons. The molecule has 0 unspecified atom stereocenters. The fourth-order valence-corrected chi connectivity index (χ4v) is 1.91. The van der Waals surface area contributed by atoms with Crippen LogP contribution in [-0.2, 0) is 13.1 Å². The van der Waals surface area contributed by atoms with Crippen molar-refractivity contribution in [3.8, 4) is 5.75 Å². The normalized spacial score (nSPS) is 11.4. The van der Waals surface area contributed by atoms with Crippen molar-refractivity contribution in [3.05, 3.63) is 59.4 Å². The highest BCUT2D eigenvalue weighted by atomic mass is 19.4. The second-order valence-corrected chi connectivity index (χ2v) is 4.56. The SMILES string of the molecule is Cc1cnccc1CNCc1ccccc1OC(F)(F)F. The molecule has 6 heteroatoms. The molecular weight excluding hydrogens is 281 g/mol. The summed E-state index contributed by atoms with van der Waals surface area (Å²) in [5.41, 5.74) is 2.55. The molecule has 3 nitrogen and oxygen atoms in total. The number of benzene rings is 1. The quantitative estimate of drug-likeness (QED) is 0.915. The average Bonchev–Trinajstić information content (AvgIpc) is 2.41. The van der Waals surface area contributed by atoms with Gasteiger partial charge >= 0.3 is 6.36 Å². The van der Waals surface area contributed by atoms with Crippen LogP contribution in [0.4, 0.5) is 13.2 Å². The summed E-state index contributed by atoms with van der Waals surface area (Å²) in [5, 5.41) is 3.11. The highest BCUT2D eigenvalue weighted by Crippen LogP contribution is 2.26. The maximum Gasteiger partial charge on any atom is 0.573 e. The fraction of sp³-hybridized carbons (Fsp3) is 0.267. The Kier molecular flexibility index (Phi) is 4.80. The Morgan fingerprint density at radius 1 is 1.10 bits per heavy atom. The summed E-state index contributed by atoms with van der Waals surface area (Å²) in [4.78, 5) is 3.99. The van der Waals surface area contributed by atoms with Crippen molar-refractivity contribution in [2.45, 2.75) is 26.4 Å². The van der Waals surface area contributed by atoms with E-state index in [-0.39, 0.29) is 12.3 Å². The highest BCUT2D eigenvalue weighted by molar-refractivity contribution is 5.33. The topological polar surface area (TPSA) is 34.2 Å². The third-order valence-corrected chi connectivity index (χ3v) is 2.97. The number of hydrogen-bond donors (Lipinski definition) is 1. The largest absolute Gasteiger partial charge is 0.573 e. The van der Waals surface area contributed by atoms with Crippen LogP contribution in [0.25, 0.3) is 0 Å². The molecule has 0 spiro atoms. The van der Waals surface area contributed by atoms with Crippen molar-refractivity contribution < 1.29 is 17.9 Å². The number of aryl methyl sites for hydroxylation is 1. The maximum atomic E-state index is 12.3. The highest BCUT2D eigenvalue weighted by Gasteiger charge is 2.31. The number of nitrogens with one attached hydrogen (secondary N) is 1. The van der Waals surface area contributed by atoms with E-state index < -0.39 is 6.36 Å². The van der Waals surface area contributed by atoms with Gasteiger partial charge in [0.25, 0.3) is 0 Å². The first-order chi connectivity index (χ1) is 9.96. The monoisotopic (exact) mass is 296 g/mol. The zero-order valence-electron chi connectivity index (χ0n) is 11.4. The minimum atomic E-state index is -4.68. The minimum Gasteiger partial charge on any atom is -0.405 e. The van der Waals surface area contributed by atoms with Crippen LogP contribution in [0.5, 0.6) is 5.75 Å². The number of para-hydroxylation sites is 1. The van der Waals surface area contributed by atoms with E-state index in [2.05, 4.69) is 15.0 Å². The van der Waals surface area contributed by atoms with Crippen LogP contribution in [0.1, 0.15) is 16.7 Å². The number of nitrogens with zero attached hydrogens (tertiary/aromatic N) is 1. The Hall–Kier alpha value is -2.08. The van der Waals surface area contributed by atoms with Gasteiger partial charge in [0.1, 0.15) is 5.75 Å². The first kappa shape index (κ1) is 15.3. The van der Waals surface area contributed by atoms with Crippen LogP contribution in [-0.4, -0.2) is 11.3 Å². The molecule has 0 fully saturated rings. The van der Waals surface area contributed by atoms with Gasteiger partial charge in [0.2, 0.25) is 0 Å². The second-order valence-electron chi connectivity index (χ2n) is 4.56. The smallest absolute Gasteiger partial charge is 0.405 e. The lowest BCUT2D eigenvalue weighted by atomic mass is 10.1. The predicted molar refractivity (Wildman–Crippen MR) is 72.6 cm³/mol. The number of rotatable bonds is 5. The van der Waals surface area contributed by atoms with Crippen LogP contribution >= 0.6 is 0 Å². The summed E-state index contributed by atoms with van der Waals surface area (Å²) in [6.45, 7) is 2.77. The number of ether oxygens (including phenoxy) is 1. The van der Waals surface area contributed by atoms with E-state index in [1.807, 2.05) is 13.0 Å². The third kappa shape index (κ3) is 4.75. The number of alkyl halides is 3. The Balaban J connectivity index is 1.99. The van der Waals surface area contributed by atoms with Gasteiger partial charge in [-0.15, -0.1) is 13.2 Å². The van der Waals surface area contributed by atoms with Gasteiger partial charge in [0.05, 0.1) is 0 Å². The van der Waals surface area contributed by atoms with Gasteiger partial charge in [0.15, 0.2) is 0 Å². The second kappa shape index (κ2) is 6.58. The van der Waals surface area contributed by atoms with Crippen molar-refractivity contribution in [2.75, 3.05) is 0 Å². The van der Waals surface area contributed by atoms with E-state index in [0.717, 1.165) is 11.1 Å². The molecule has 21 heavy (non-hydrogen) atoms. The molecule has 0 aliphatic heterocycles. The van der Waals surface area contributed by atoms with Gasteiger partial charge < -0.3 is 10.1 Å². The van der Waals surface area contributed by atoms with Gasteiger partial charge in [-0.1, -0.05) is 18.2 Å². The molecule has 0 aliphatic carbocycles. The van der Waals surface area contributed by atoms with Gasteiger partial charge in [-0.2, -0.15) is 0 Å². The van der Waals surface area contributed by atoms with Gasteiger partial charge in [-0.3, -0.25) is 4.98 Å². The molecule has 0 atom stereocenters. The molecule has 0 amide bonds. The van der Waals surface area contributed by atoms with E-state index in [1.165, 1.54) is 12.1 Å². The first-order valence-electron chi connectivity index (χ1n) is 6.39. The fourth-order valence-electron chi connectivity index (χ4n) is 1.91. The molecule has 0 aliphatic rings. The van der Waals surface area contributed by atoms with E-state index in [4.69, 9.17) is 0 Å². The van der Waals surface area contributed by atoms with Crippen LogP contribution in [0.15, 0.2) is 42.7 Å². The van der Waals surface area contributed by atoms with E-state index in [0.29, 0.717) is 12.1 Å². The predicted octanol–water partition coefficient (Wildman–Crippen LogP) is 3.58. The molecular formula is C15H15F3N2O. The van der Waals surface area contributed by atoms with Gasteiger partial charge in [-0.25, -0.2) is 0 Å². The Morgan fingerprint density at radius 3 is 2.52 bits per heavy atom. The van der Waals surface area contributed by atoms with Crippen LogP contribution < -0.4 is 10.1 Å². The number of pyridine rings is 1. The minimum absolute atomic E-state index is 0.177. The lowest BCUT2D eigenvalue weighted by molar-refractivity contribution is -0.274. The zero-order valence-corrected chi connectivity index (χ0v) is 11.4. The summed E-state index contributed by atoms with van der Waals surface area (Å²) >= 11 is 0. The Morgan fingerprint density at radius 2 is 1.81 bits per heavy atom. The summed E-state index contributed by atoms with van der Waals surface area (Å²) in [6, 6.07) is 7.98.